The van der Waals surface area contributed by atoms with Crippen LogP contribution in [0.1, 0.15) is 56.1 Å². The lowest BCUT2D eigenvalue weighted by molar-refractivity contribution is -0.141. The van der Waals surface area contributed by atoms with Gasteiger partial charge in [-0.2, -0.15) is 0 Å². The lowest BCUT2D eigenvalue weighted by Gasteiger charge is -2.33. The van der Waals surface area contributed by atoms with Crippen molar-refractivity contribution in [3.8, 4) is 5.75 Å². The number of nitrogens with zero attached hydrogens (tertiary/aromatic N) is 1. The van der Waals surface area contributed by atoms with Crippen LogP contribution in [0.3, 0.4) is 0 Å². The summed E-state index contributed by atoms with van der Waals surface area (Å²) in [5.41, 5.74) is 1.80. The van der Waals surface area contributed by atoms with Crippen LogP contribution in [0.4, 0.5) is 0 Å². The first kappa shape index (κ1) is 30.2. The highest BCUT2D eigenvalue weighted by atomic mass is 35.5. The van der Waals surface area contributed by atoms with Crippen LogP contribution in [0, 0.1) is 0 Å². The van der Waals surface area contributed by atoms with E-state index in [1.165, 1.54) is 6.42 Å². The minimum absolute atomic E-state index is 0.120. The third kappa shape index (κ3) is 9.15. The second-order valence-electron chi connectivity index (χ2n) is 10.2. The van der Waals surface area contributed by atoms with Crippen molar-refractivity contribution < 1.29 is 14.3 Å². The van der Waals surface area contributed by atoms with Crippen molar-refractivity contribution in [3.05, 3.63) is 99.0 Å². The van der Waals surface area contributed by atoms with Gasteiger partial charge in [0.25, 0.3) is 0 Å². The standard InChI is InChI=1S/C32H35Cl3N2O3/c33-25-14-16-27(17-15-25)40-19-7-12-31(38)37(22-24-13-18-28(34)29(35)20-24)30(21-23-8-3-1-4-9-23)32(39)36-26-10-5-2-6-11-26/h1,3-4,8-9,13-18,20,26,30H,2,5-7,10-12,19,21-22H2,(H,36,39). The molecule has 2 amide bonds. The first-order valence-electron chi connectivity index (χ1n) is 13.8. The Hall–Kier alpha value is -2.73. The van der Waals surface area contributed by atoms with E-state index in [0.717, 1.165) is 36.8 Å². The van der Waals surface area contributed by atoms with Gasteiger partial charge in [-0.1, -0.05) is 90.5 Å². The molecule has 1 fully saturated rings. The predicted molar refractivity (Wildman–Crippen MR) is 162 cm³/mol. The Balaban J connectivity index is 1.53. The van der Waals surface area contributed by atoms with Crippen molar-refractivity contribution in [2.75, 3.05) is 6.61 Å². The molecule has 1 unspecified atom stereocenters. The first-order valence-corrected chi connectivity index (χ1v) is 15.0. The van der Waals surface area contributed by atoms with Crippen LogP contribution in [0.5, 0.6) is 5.75 Å². The molecule has 0 spiro atoms. The topological polar surface area (TPSA) is 58.6 Å². The van der Waals surface area contributed by atoms with E-state index >= 15 is 0 Å². The average molecular weight is 602 g/mol. The Morgan fingerprint density at radius 2 is 1.60 bits per heavy atom. The van der Waals surface area contributed by atoms with Gasteiger partial charge in [0, 0.05) is 30.5 Å². The first-order chi connectivity index (χ1) is 19.4. The van der Waals surface area contributed by atoms with Crippen molar-refractivity contribution in [2.24, 2.45) is 0 Å². The molecule has 1 N–H and O–H groups in total. The Labute approximate surface area is 251 Å². The molecule has 0 aromatic heterocycles. The van der Waals surface area contributed by atoms with Crippen LogP contribution >= 0.6 is 34.8 Å². The molecule has 1 atom stereocenters. The van der Waals surface area contributed by atoms with Gasteiger partial charge in [0.05, 0.1) is 16.7 Å². The molecule has 0 saturated heterocycles. The van der Waals surface area contributed by atoms with E-state index in [2.05, 4.69) is 5.32 Å². The van der Waals surface area contributed by atoms with Crippen molar-refractivity contribution >= 4 is 46.6 Å². The Morgan fingerprint density at radius 3 is 2.30 bits per heavy atom. The number of nitrogens with one attached hydrogen (secondary N) is 1. The third-order valence-electron chi connectivity index (χ3n) is 7.18. The van der Waals surface area contributed by atoms with Gasteiger partial charge in [-0.05, 0) is 66.8 Å². The molecule has 1 aliphatic carbocycles. The number of ether oxygens (including phenoxy) is 1. The number of carbonyl (C=O) groups is 2. The number of hydrogen-bond acceptors (Lipinski definition) is 3. The van der Waals surface area contributed by atoms with Gasteiger partial charge in [-0.3, -0.25) is 9.59 Å². The van der Waals surface area contributed by atoms with Crippen molar-refractivity contribution in [2.45, 2.75) is 70.0 Å². The molecule has 0 heterocycles. The molecule has 0 aliphatic heterocycles. The summed E-state index contributed by atoms with van der Waals surface area (Å²) in [6.07, 6.45) is 6.48. The Morgan fingerprint density at radius 1 is 0.875 bits per heavy atom. The van der Waals surface area contributed by atoms with Crippen LogP contribution < -0.4 is 10.1 Å². The number of amides is 2. The van der Waals surface area contributed by atoms with E-state index in [4.69, 9.17) is 39.5 Å². The summed E-state index contributed by atoms with van der Waals surface area (Å²) < 4.78 is 5.80. The zero-order valence-corrected chi connectivity index (χ0v) is 24.7. The highest BCUT2D eigenvalue weighted by Crippen LogP contribution is 2.25. The summed E-state index contributed by atoms with van der Waals surface area (Å²) >= 11 is 18.4. The maximum atomic E-state index is 13.8. The summed E-state index contributed by atoms with van der Waals surface area (Å²) in [5.74, 6) is 0.449. The van der Waals surface area contributed by atoms with Crippen molar-refractivity contribution in [1.29, 1.82) is 0 Å². The van der Waals surface area contributed by atoms with E-state index in [0.29, 0.717) is 40.3 Å². The number of hydrogen-bond donors (Lipinski definition) is 1. The molecule has 5 nitrogen and oxygen atoms in total. The molecule has 8 heteroatoms. The van der Waals surface area contributed by atoms with Gasteiger partial charge < -0.3 is 15.0 Å². The van der Waals surface area contributed by atoms with Gasteiger partial charge in [-0.25, -0.2) is 0 Å². The molecule has 212 valence electrons. The molecular weight excluding hydrogens is 567 g/mol. The van der Waals surface area contributed by atoms with Crippen LogP contribution in [0.15, 0.2) is 72.8 Å². The lowest BCUT2D eigenvalue weighted by atomic mass is 9.94. The number of carbonyl (C=O) groups excluding carboxylic acids is 2. The van der Waals surface area contributed by atoms with E-state index in [-0.39, 0.29) is 30.8 Å². The third-order valence-corrected chi connectivity index (χ3v) is 8.17. The molecular formula is C32H35Cl3N2O3. The maximum absolute atomic E-state index is 13.8. The average Bonchev–Trinajstić information content (AvgIpc) is 2.96. The molecule has 1 saturated carbocycles. The molecule has 0 bridgehead atoms. The molecule has 0 radical (unpaired) electrons. The summed E-state index contributed by atoms with van der Waals surface area (Å²) in [7, 11) is 0. The minimum Gasteiger partial charge on any atom is -0.494 e. The fourth-order valence-electron chi connectivity index (χ4n) is 5.02. The fraction of sp³-hybridized carbons (Fsp3) is 0.375. The number of halogens is 3. The Bertz CT molecular complexity index is 1250. The van der Waals surface area contributed by atoms with E-state index < -0.39 is 6.04 Å². The molecule has 3 aromatic carbocycles. The highest BCUT2D eigenvalue weighted by Gasteiger charge is 2.31. The van der Waals surface area contributed by atoms with E-state index in [1.807, 2.05) is 36.4 Å². The van der Waals surface area contributed by atoms with Crippen molar-refractivity contribution in [1.82, 2.24) is 10.2 Å². The zero-order valence-electron chi connectivity index (χ0n) is 22.5. The molecule has 4 rings (SSSR count). The van der Waals surface area contributed by atoms with Crippen LogP contribution in [0.2, 0.25) is 15.1 Å². The van der Waals surface area contributed by atoms with Crippen LogP contribution in [0.25, 0.3) is 0 Å². The quantitative estimate of drug-likeness (QED) is 0.215. The fourth-order valence-corrected chi connectivity index (χ4v) is 5.47. The number of rotatable bonds is 12. The van der Waals surface area contributed by atoms with Crippen LogP contribution in [-0.4, -0.2) is 35.4 Å². The monoisotopic (exact) mass is 600 g/mol. The van der Waals surface area contributed by atoms with Gasteiger partial charge in [0.2, 0.25) is 11.8 Å². The maximum Gasteiger partial charge on any atom is 0.243 e. The van der Waals surface area contributed by atoms with Crippen LogP contribution in [-0.2, 0) is 22.6 Å². The van der Waals surface area contributed by atoms with Crippen molar-refractivity contribution in [3.63, 3.8) is 0 Å². The second-order valence-corrected chi connectivity index (χ2v) is 11.5. The van der Waals surface area contributed by atoms with E-state index in [9.17, 15) is 9.59 Å². The van der Waals surface area contributed by atoms with Gasteiger partial charge in [0.1, 0.15) is 11.8 Å². The predicted octanol–water partition coefficient (Wildman–Crippen LogP) is 7.89. The summed E-state index contributed by atoms with van der Waals surface area (Å²) in [4.78, 5) is 29.3. The number of benzene rings is 3. The van der Waals surface area contributed by atoms with Gasteiger partial charge >= 0.3 is 0 Å². The largest absolute Gasteiger partial charge is 0.494 e. The summed E-state index contributed by atoms with van der Waals surface area (Å²) in [6.45, 7) is 0.606. The van der Waals surface area contributed by atoms with Gasteiger partial charge in [-0.15, -0.1) is 0 Å². The highest BCUT2D eigenvalue weighted by molar-refractivity contribution is 6.42. The van der Waals surface area contributed by atoms with Gasteiger partial charge in [0.15, 0.2) is 0 Å². The summed E-state index contributed by atoms with van der Waals surface area (Å²) in [6, 6.07) is 21.7. The Kier molecular flexibility index (Phi) is 11.6. The van der Waals surface area contributed by atoms with E-state index in [1.54, 1.807) is 41.3 Å². The summed E-state index contributed by atoms with van der Waals surface area (Å²) in [5, 5.41) is 4.75. The normalized spacial score (nSPS) is 14.4. The lowest BCUT2D eigenvalue weighted by Crippen LogP contribution is -2.52. The SMILES string of the molecule is O=C(NC1CCCCC1)C(Cc1ccccc1)N(Cc1ccc(Cl)c(Cl)c1)C(=O)CCCOc1ccc(Cl)cc1. The zero-order chi connectivity index (χ0) is 28.3. The second kappa shape index (κ2) is 15.3. The smallest absolute Gasteiger partial charge is 0.243 e. The molecule has 40 heavy (non-hydrogen) atoms. The molecule has 1 aliphatic rings. The minimum atomic E-state index is -0.677. The molecule has 3 aromatic rings.